The van der Waals surface area contributed by atoms with Gasteiger partial charge in [-0.05, 0) is 26.0 Å². The largest absolute Gasteiger partial charge is 0.354 e. The standard InChI is InChI=1S/C17H26N4O/c1-4-20(13-15(2)3)17(22)14-19-9-11-21(12-10-19)16-7-5-6-8-18-16/h5-8H,2,4,9-14H2,1,3H3. The van der Waals surface area contributed by atoms with Crippen LogP contribution in [-0.4, -0.2) is 66.5 Å². The van der Waals surface area contributed by atoms with Gasteiger partial charge in [0.2, 0.25) is 5.91 Å². The third kappa shape index (κ3) is 4.56. The topological polar surface area (TPSA) is 39.7 Å². The van der Waals surface area contributed by atoms with Crippen molar-refractivity contribution in [3.05, 3.63) is 36.5 Å². The van der Waals surface area contributed by atoms with Crippen molar-refractivity contribution in [2.75, 3.05) is 50.7 Å². The molecule has 0 aliphatic carbocycles. The number of likely N-dealkylation sites (N-methyl/N-ethyl adjacent to an activating group) is 1. The predicted molar refractivity (Wildman–Crippen MR) is 90.0 cm³/mol. The summed E-state index contributed by atoms with van der Waals surface area (Å²) in [5, 5.41) is 0. The van der Waals surface area contributed by atoms with Gasteiger partial charge in [0.1, 0.15) is 5.82 Å². The number of pyridine rings is 1. The van der Waals surface area contributed by atoms with E-state index < -0.39 is 0 Å². The smallest absolute Gasteiger partial charge is 0.237 e. The second-order valence-electron chi connectivity index (χ2n) is 5.82. The van der Waals surface area contributed by atoms with E-state index in [2.05, 4.69) is 21.4 Å². The van der Waals surface area contributed by atoms with Gasteiger partial charge in [0, 0.05) is 45.5 Å². The molecule has 1 amide bonds. The molecule has 1 saturated heterocycles. The first-order valence-corrected chi connectivity index (χ1v) is 7.90. The zero-order chi connectivity index (χ0) is 15.9. The van der Waals surface area contributed by atoms with Crippen molar-refractivity contribution < 1.29 is 4.79 Å². The summed E-state index contributed by atoms with van der Waals surface area (Å²) in [4.78, 5) is 23.1. The van der Waals surface area contributed by atoms with Crippen molar-refractivity contribution in [2.24, 2.45) is 0 Å². The summed E-state index contributed by atoms with van der Waals surface area (Å²) >= 11 is 0. The van der Waals surface area contributed by atoms with Crippen LogP contribution < -0.4 is 4.90 Å². The molecule has 0 unspecified atom stereocenters. The lowest BCUT2D eigenvalue weighted by molar-refractivity contribution is -0.131. The van der Waals surface area contributed by atoms with Crippen LogP contribution in [0.3, 0.4) is 0 Å². The van der Waals surface area contributed by atoms with Crippen LogP contribution in [0.4, 0.5) is 5.82 Å². The van der Waals surface area contributed by atoms with E-state index in [1.165, 1.54) is 0 Å². The van der Waals surface area contributed by atoms with Crippen LogP contribution in [-0.2, 0) is 4.79 Å². The van der Waals surface area contributed by atoms with Crippen molar-refractivity contribution in [3.8, 4) is 0 Å². The van der Waals surface area contributed by atoms with Crippen molar-refractivity contribution in [1.82, 2.24) is 14.8 Å². The molecule has 0 spiro atoms. The number of aromatic nitrogens is 1. The summed E-state index contributed by atoms with van der Waals surface area (Å²) in [5.41, 5.74) is 1.02. The van der Waals surface area contributed by atoms with Crippen molar-refractivity contribution in [1.29, 1.82) is 0 Å². The number of amides is 1. The van der Waals surface area contributed by atoms with Crippen LogP contribution in [0.1, 0.15) is 13.8 Å². The van der Waals surface area contributed by atoms with Gasteiger partial charge in [-0.15, -0.1) is 0 Å². The minimum atomic E-state index is 0.191. The second-order valence-corrected chi connectivity index (χ2v) is 5.82. The Kier molecular flexibility index (Phi) is 5.95. The molecule has 0 aromatic carbocycles. The summed E-state index contributed by atoms with van der Waals surface area (Å²) < 4.78 is 0. The number of hydrogen-bond acceptors (Lipinski definition) is 4. The Bertz CT molecular complexity index is 495. The number of nitrogens with zero attached hydrogens (tertiary/aromatic N) is 4. The lowest BCUT2D eigenvalue weighted by Crippen LogP contribution is -2.50. The minimum absolute atomic E-state index is 0.191. The second kappa shape index (κ2) is 7.94. The molecule has 1 aromatic rings. The number of carbonyl (C=O) groups excluding carboxylic acids is 1. The summed E-state index contributed by atoms with van der Waals surface area (Å²) in [6.45, 7) is 13.4. The fourth-order valence-corrected chi connectivity index (χ4v) is 2.67. The summed E-state index contributed by atoms with van der Waals surface area (Å²) in [5.74, 6) is 1.21. The molecular formula is C17H26N4O. The van der Waals surface area contributed by atoms with Crippen molar-refractivity contribution >= 4 is 11.7 Å². The highest BCUT2D eigenvalue weighted by Gasteiger charge is 2.21. The normalized spacial score (nSPS) is 15.6. The average molecular weight is 302 g/mol. The maximum absolute atomic E-state index is 12.3. The Labute approximate surface area is 133 Å². The van der Waals surface area contributed by atoms with Gasteiger partial charge < -0.3 is 9.80 Å². The monoisotopic (exact) mass is 302 g/mol. The Morgan fingerprint density at radius 1 is 1.32 bits per heavy atom. The Morgan fingerprint density at radius 3 is 2.59 bits per heavy atom. The van der Waals surface area contributed by atoms with Crippen LogP contribution >= 0.6 is 0 Å². The molecule has 1 aliphatic heterocycles. The maximum Gasteiger partial charge on any atom is 0.237 e. The highest BCUT2D eigenvalue weighted by atomic mass is 16.2. The lowest BCUT2D eigenvalue weighted by atomic mass is 10.2. The van der Waals surface area contributed by atoms with Crippen LogP contribution in [0.5, 0.6) is 0 Å². The van der Waals surface area contributed by atoms with Crippen LogP contribution in [0.2, 0.25) is 0 Å². The summed E-state index contributed by atoms with van der Waals surface area (Å²) in [6, 6.07) is 5.97. The Morgan fingerprint density at radius 2 is 2.05 bits per heavy atom. The molecule has 0 bridgehead atoms. The van der Waals surface area contributed by atoms with Crippen molar-refractivity contribution in [2.45, 2.75) is 13.8 Å². The van der Waals surface area contributed by atoms with Gasteiger partial charge in [-0.1, -0.05) is 18.2 Å². The summed E-state index contributed by atoms with van der Waals surface area (Å²) in [6.07, 6.45) is 1.82. The molecule has 1 fully saturated rings. The fourth-order valence-electron chi connectivity index (χ4n) is 2.67. The number of hydrogen-bond donors (Lipinski definition) is 0. The lowest BCUT2D eigenvalue weighted by Gasteiger charge is -2.35. The minimum Gasteiger partial charge on any atom is -0.354 e. The molecule has 1 aromatic heterocycles. The maximum atomic E-state index is 12.3. The number of piperazine rings is 1. The zero-order valence-corrected chi connectivity index (χ0v) is 13.7. The zero-order valence-electron chi connectivity index (χ0n) is 13.7. The van der Waals surface area contributed by atoms with Gasteiger partial charge in [0.25, 0.3) is 0 Å². The first-order valence-electron chi connectivity index (χ1n) is 7.90. The van der Waals surface area contributed by atoms with Crippen molar-refractivity contribution in [3.63, 3.8) is 0 Å². The summed E-state index contributed by atoms with van der Waals surface area (Å²) in [7, 11) is 0. The number of anilines is 1. The van der Waals surface area contributed by atoms with E-state index in [0.29, 0.717) is 13.1 Å². The van der Waals surface area contributed by atoms with Gasteiger partial charge in [-0.25, -0.2) is 4.98 Å². The van der Waals surface area contributed by atoms with E-state index in [1.807, 2.05) is 43.1 Å². The quantitative estimate of drug-likeness (QED) is 0.749. The molecule has 5 nitrogen and oxygen atoms in total. The number of carbonyl (C=O) groups is 1. The first-order chi connectivity index (χ1) is 10.6. The number of rotatable bonds is 6. The van der Waals surface area contributed by atoms with E-state index >= 15 is 0 Å². The molecule has 1 aliphatic rings. The Balaban J connectivity index is 1.82. The van der Waals surface area contributed by atoms with Gasteiger partial charge >= 0.3 is 0 Å². The van der Waals surface area contributed by atoms with Gasteiger partial charge in [0.05, 0.1) is 6.54 Å². The molecule has 2 rings (SSSR count). The van der Waals surface area contributed by atoms with Crippen LogP contribution in [0.15, 0.2) is 36.5 Å². The van der Waals surface area contributed by atoms with Gasteiger partial charge in [-0.3, -0.25) is 9.69 Å². The van der Waals surface area contributed by atoms with Crippen LogP contribution in [0, 0.1) is 0 Å². The third-order valence-electron chi connectivity index (χ3n) is 3.90. The molecule has 120 valence electrons. The third-order valence-corrected chi connectivity index (χ3v) is 3.90. The molecule has 0 saturated carbocycles. The van der Waals surface area contributed by atoms with E-state index in [1.54, 1.807) is 0 Å². The predicted octanol–water partition coefficient (Wildman–Crippen LogP) is 1.63. The van der Waals surface area contributed by atoms with E-state index in [0.717, 1.165) is 44.1 Å². The molecule has 2 heterocycles. The highest BCUT2D eigenvalue weighted by molar-refractivity contribution is 5.78. The van der Waals surface area contributed by atoms with E-state index in [-0.39, 0.29) is 5.91 Å². The Hall–Kier alpha value is -1.88. The molecule has 0 radical (unpaired) electrons. The van der Waals surface area contributed by atoms with E-state index in [4.69, 9.17) is 0 Å². The molecule has 0 N–H and O–H groups in total. The molecule has 0 atom stereocenters. The molecule has 22 heavy (non-hydrogen) atoms. The van der Waals surface area contributed by atoms with Gasteiger partial charge in [-0.2, -0.15) is 0 Å². The SMILES string of the molecule is C=C(C)CN(CC)C(=O)CN1CCN(c2ccccn2)CC1. The average Bonchev–Trinajstić information content (AvgIpc) is 2.54. The van der Waals surface area contributed by atoms with Gasteiger partial charge in [0.15, 0.2) is 0 Å². The molecular weight excluding hydrogens is 276 g/mol. The van der Waals surface area contributed by atoms with Crippen LogP contribution in [0.25, 0.3) is 0 Å². The highest BCUT2D eigenvalue weighted by Crippen LogP contribution is 2.12. The molecule has 5 heteroatoms. The fraction of sp³-hybridized carbons (Fsp3) is 0.529. The van der Waals surface area contributed by atoms with E-state index in [9.17, 15) is 4.79 Å². The first kappa shape index (κ1) is 16.5.